The fourth-order valence-electron chi connectivity index (χ4n) is 1.16. The van der Waals surface area contributed by atoms with E-state index in [0.717, 1.165) is 6.92 Å². The summed E-state index contributed by atoms with van der Waals surface area (Å²) in [7, 11) is 0. The fraction of sp³-hybridized carbons (Fsp3) is 0.875. The normalized spacial score (nSPS) is 60.2. The molecular formula is C8H12O4. The first-order valence-electron chi connectivity index (χ1n) is 6.13. The van der Waals surface area contributed by atoms with Gasteiger partial charge in [0.25, 0.3) is 0 Å². The third-order valence-corrected chi connectivity index (χ3v) is 1.70. The number of esters is 1. The van der Waals surface area contributed by atoms with Crippen molar-refractivity contribution in [1.29, 1.82) is 0 Å². The molecule has 0 radical (unpaired) electrons. The Morgan fingerprint density at radius 2 is 2.58 bits per heavy atom. The quantitative estimate of drug-likeness (QED) is 0.541. The van der Waals surface area contributed by atoms with Crippen LogP contribution in [0.25, 0.3) is 0 Å². The molecule has 0 aromatic carbocycles. The maximum atomic E-state index is 10.9. The smallest absolute Gasteiger partial charge is 0.302 e. The van der Waals surface area contributed by atoms with Gasteiger partial charge < -0.3 is 14.2 Å². The van der Waals surface area contributed by atoms with Gasteiger partial charge in [-0.3, -0.25) is 4.79 Å². The van der Waals surface area contributed by atoms with Crippen molar-refractivity contribution < 1.29 is 25.9 Å². The van der Waals surface area contributed by atoms with Gasteiger partial charge in [-0.2, -0.15) is 0 Å². The molecule has 0 bridgehead atoms. The van der Waals surface area contributed by atoms with Crippen molar-refractivity contribution in [2.24, 2.45) is 5.92 Å². The second-order valence-corrected chi connectivity index (χ2v) is 2.62. The predicted molar refractivity (Wildman–Crippen MR) is 39.4 cm³/mol. The first kappa shape index (κ1) is 4.07. The number of hydrogen-bond donors (Lipinski definition) is 0. The van der Waals surface area contributed by atoms with E-state index >= 15 is 0 Å². The van der Waals surface area contributed by atoms with Crippen LogP contribution in [0.1, 0.15) is 20.2 Å². The Balaban J connectivity index is 2.31. The highest BCUT2D eigenvalue weighted by Crippen LogP contribution is 2.32. The molecule has 2 saturated heterocycles. The van der Waals surface area contributed by atoms with Crippen LogP contribution in [0.15, 0.2) is 0 Å². The predicted octanol–water partition coefficient (Wildman–Crippen LogP) is 0.311. The number of carbonyl (C=O) groups excluding carboxylic acids is 1. The van der Waals surface area contributed by atoms with Crippen molar-refractivity contribution in [2.75, 3.05) is 13.1 Å². The largest absolute Gasteiger partial charge is 0.460 e. The second kappa shape index (κ2) is 3.03. The van der Waals surface area contributed by atoms with E-state index in [1.54, 1.807) is 0 Å². The number of hydrogen-bond acceptors (Lipinski definition) is 4. The van der Waals surface area contributed by atoms with E-state index in [4.69, 9.17) is 21.1 Å². The molecule has 0 aromatic rings. The zero-order valence-corrected chi connectivity index (χ0v) is 6.49. The maximum absolute atomic E-state index is 10.9. The molecule has 0 N–H and O–H groups in total. The molecule has 68 valence electrons. The van der Waals surface area contributed by atoms with Crippen molar-refractivity contribution in [2.45, 2.75) is 25.7 Å². The molecule has 4 nitrogen and oxygen atoms in total. The van der Waals surface area contributed by atoms with Crippen molar-refractivity contribution in [3.63, 3.8) is 0 Å². The summed E-state index contributed by atoms with van der Waals surface area (Å²) in [5.41, 5.74) is 0. The van der Waals surface area contributed by atoms with Gasteiger partial charge in [0.05, 0.1) is 25.9 Å². The zero-order valence-electron chi connectivity index (χ0n) is 11.5. The van der Waals surface area contributed by atoms with Crippen molar-refractivity contribution in [1.82, 2.24) is 0 Å². The van der Waals surface area contributed by atoms with Gasteiger partial charge in [0.2, 0.25) is 0 Å². The summed E-state index contributed by atoms with van der Waals surface area (Å²) in [6, 6.07) is 0. The lowest BCUT2D eigenvalue weighted by Gasteiger charge is -2.13. The van der Waals surface area contributed by atoms with Gasteiger partial charge in [-0.15, -0.1) is 0 Å². The van der Waals surface area contributed by atoms with Gasteiger partial charge in [0.1, 0.15) is 6.08 Å². The number of fused-ring (bicyclic) bond motifs is 1. The molecule has 0 unspecified atom stereocenters. The summed E-state index contributed by atoms with van der Waals surface area (Å²) >= 11 is 0. The Kier molecular flexibility index (Phi) is 1.03. The second-order valence-electron chi connectivity index (χ2n) is 2.62. The lowest BCUT2D eigenvalue weighted by Crippen LogP contribution is -2.25. The molecule has 0 aromatic heterocycles. The highest BCUT2D eigenvalue weighted by atomic mass is 16.7. The minimum Gasteiger partial charge on any atom is -0.460 e. The van der Waals surface area contributed by atoms with Crippen molar-refractivity contribution in [3.8, 4) is 0 Å². The monoisotopic (exact) mass is 177 g/mol. The van der Waals surface area contributed by atoms with E-state index in [9.17, 15) is 4.79 Å². The minimum absolute atomic E-state index is 0.256. The number of carbonyl (C=O) groups is 1. The standard InChI is InChI=1S/C8H12O4/c1-5(9)12-7-4-11-8-6(7)2-3-10-8/h6-8H,2-4H2,1H3/t6-,7-,8+/m0/s1/i3D2,4D2,7D. The van der Waals surface area contributed by atoms with E-state index in [1.165, 1.54) is 0 Å². The molecule has 0 aliphatic carbocycles. The summed E-state index contributed by atoms with van der Waals surface area (Å²) in [6.45, 7) is -3.47. The van der Waals surface area contributed by atoms with Crippen LogP contribution in [0.2, 0.25) is 0 Å². The molecule has 12 heavy (non-hydrogen) atoms. The Labute approximate surface area is 77.8 Å². The molecule has 2 aliphatic rings. The van der Waals surface area contributed by atoms with E-state index in [0.29, 0.717) is 0 Å². The number of rotatable bonds is 1. The third kappa shape index (κ3) is 1.32. The Bertz CT molecular complexity index is 360. The maximum Gasteiger partial charge on any atom is 0.302 e. The molecule has 0 saturated carbocycles. The lowest BCUT2D eigenvalue weighted by atomic mass is 10.0. The molecule has 2 fully saturated rings. The Hall–Kier alpha value is -0.610. The van der Waals surface area contributed by atoms with Crippen LogP contribution >= 0.6 is 0 Å². The van der Waals surface area contributed by atoms with Gasteiger partial charge in [-0.05, 0) is 6.42 Å². The van der Waals surface area contributed by atoms with Crippen LogP contribution < -0.4 is 0 Å². The number of ether oxygens (including phenoxy) is 3. The van der Waals surface area contributed by atoms with Gasteiger partial charge >= 0.3 is 5.97 Å². The fourth-order valence-corrected chi connectivity index (χ4v) is 1.16. The van der Waals surface area contributed by atoms with Gasteiger partial charge in [-0.25, -0.2) is 0 Å². The van der Waals surface area contributed by atoms with Crippen LogP contribution in [-0.2, 0) is 19.0 Å². The molecular weight excluding hydrogens is 160 g/mol. The zero-order chi connectivity index (χ0) is 13.1. The van der Waals surface area contributed by atoms with Crippen LogP contribution in [-0.4, -0.2) is 31.5 Å². The van der Waals surface area contributed by atoms with Crippen LogP contribution in [0.3, 0.4) is 0 Å². The summed E-state index contributed by atoms with van der Waals surface area (Å²) < 4.78 is 52.2. The van der Waals surface area contributed by atoms with Gasteiger partial charge in [0.15, 0.2) is 6.29 Å². The molecule has 3 atom stereocenters. The average molecular weight is 177 g/mol. The van der Waals surface area contributed by atoms with Gasteiger partial charge in [0, 0.05) is 6.92 Å². The molecule has 2 heterocycles. The first-order valence-corrected chi connectivity index (χ1v) is 3.63. The van der Waals surface area contributed by atoms with Gasteiger partial charge in [-0.1, -0.05) is 0 Å². The minimum atomic E-state index is -2.52. The molecule has 2 aliphatic heterocycles. The van der Waals surface area contributed by atoms with Crippen LogP contribution in [0, 0.1) is 5.92 Å². The van der Waals surface area contributed by atoms with E-state index < -0.39 is 37.4 Å². The van der Waals surface area contributed by atoms with E-state index in [-0.39, 0.29) is 6.42 Å². The SMILES string of the molecule is [2H]C1([2H])C[C@@H]2[C@H](O1)OC([2H])([2H])[C@]2([2H])OC(C)=O. The first-order chi connectivity index (χ1) is 7.57. The third-order valence-electron chi connectivity index (χ3n) is 1.70. The molecule has 0 amide bonds. The average Bonchev–Trinajstić information content (AvgIpc) is 2.45. The Morgan fingerprint density at radius 1 is 1.75 bits per heavy atom. The molecule has 2 rings (SSSR count). The summed E-state index contributed by atoms with van der Waals surface area (Å²) in [5.74, 6) is -1.81. The van der Waals surface area contributed by atoms with Crippen molar-refractivity contribution in [3.05, 3.63) is 0 Å². The molecule has 4 heteroatoms. The Morgan fingerprint density at radius 3 is 3.33 bits per heavy atom. The summed E-state index contributed by atoms with van der Waals surface area (Å²) in [5, 5.41) is 0. The lowest BCUT2D eigenvalue weighted by molar-refractivity contribution is -0.147. The summed E-state index contributed by atoms with van der Waals surface area (Å²) in [6.07, 6.45) is -3.75. The van der Waals surface area contributed by atoms with Crippen molar-refractivity contribution >= 4 is 5.97 Å². The highest BCUT2D eigenvalue weighted by Gasteiger charge is 2.43. The highest BCUT2D eigenvalue weighted by molar-refractivity contribution is 5.66. The topological polar surface area (TPSA) is 44.8 Å². The molecule has 0 spiro atoms. The van der Waals surface area contributed by atoms with Crippen LogP contribution in [0.4, 0.5) is 0 Å². The van der Waals surface area contributed by atoms with E-state index in [2.05, 4.69) is 0 Å². The van der Waals surface area contributed by atoms with Crippen LogP contribution in [0.5, 0.6) is 0 Å². The van der Waals surface area contributed by atoms with E-state index in [1.807, 2.05) is 0 Å². The summed E-state index contributed by atoms with van der Waals surface area (Å²) in [4.78, 5) is 10.9.